The second kappa shape index (κ2) is 5.21. The number of piperidine rings is 1. The Balaban J connectivity index is 1.91. The smallest absolute Gasteiger partial charge is 0.274 e. The average molecular weight is 351 g/mol. The Morgan fingerprint density at radius 2 is 2.00 bits per heavy atom. The zero-order valence-electron chi connectivity index (χ0n) is 13.7. The Morgan fingerprint density at radius 1 is 1.33 bits per heavy atom. The van der Waals surface area contributed by atoms with Crippen LogP contribution < -0.4 is 5.43 Å². The summed E-state index contributed by atoms with van der Waals surface area (Å²) in [4.78, 5) is 37.9. The van der Waals surface area contributed by atoms with Gasteiger partial charge in [-0.2, -0.15) is 5.01 Å². The largest absolute Gasteiger partial charge is 0.507 e. The first-order valence-electron chi connectivity index (χ1n) is 7.77. The Morgan fingerprint density at radius 3 is 2.67 bits per heavy atom. The van der Waals surface area contributed by atoms with Gasteiger partial charge in [0.1, 0.15) is 5.75 Å². The number of hydrogen-bond acceptors (Lipinski definition) is 4. The summed E-state index contributed by atoms with van der Waals surface area (Å²) in [6, 6.07) is 4.01. The summed E-state index contributed by atoms with van der Waals surface area (Å²) in [6.45, 7) is 5.67. The summed E-state index contributed by atoms with van der Waals surface area (Å²) >= 11 is 5.84. The van der Waals surface area contributed by atoms with Crippen LogP contribution in [0.1, 0.15) is 44.0 Å². The predicted octanol–water partition coefficient (Wildman–Crippen LogP) is 2.50. The minimum absolute atomic E-state index is 0.0922. The molecule has 3 amide bonds. The summed E-state index contributed by atoms with van der Waals surface area (Å²) < 4.78 is 0. The number of imide groups is 1. The minimum Gasteiger partial charge on any atom is -0.507 e. The summed E-state index contributed by atoms with van der Waals surface area (Å²) in [5.41, 5.74) is 1.08. The SMILES string of the molecule is CC1(C)[C@@H]2CC[C@]1(C)C(=O)N(NC(=O)c1cc(Cl)ccc1O)C2=O. The van der Waals surface area contributed by atoms with Gasteiger partial charge >= 0.3 is 0 Å². The van der Waals surface area contributed by atoms with Crippen LogP contribution in [0.25, 0.3) is 0 Å². The predicted molar refractivity (Wildman–Crippen MR) is 87.0 cm³/mol. The molecule has 2 fully saturated rings. The molecule has 1 aromatic rings. The molecule has 2 N–H and O–H groups in total. The summed E-state index contributed by atoms with van der Waals surface area (Å²) in [5, 5.41) is 10.9. The fourth-order valence-electron chi connectivity index (χ4n) is 3.78. The molecule has 3 rings (SSSR count). The number of nitrogens with zero attached hydrogens (tertiary/aromatic N) is 1. The zero-order chi connectivity index (χ0) is 17.9. The number of aromatic hydroxyl groups is 1. The third-order valence-electron chi connectivity index (χ3n) is 5.84. The number of carbonyl (C=O) groups excluding carboxylic acids is 3. The highest BCUT2D eigenvalue weighted by atomic mass is 35.5. The molecule has 1 saturated heterocycles. The van der Waals surface area contributed by atoms with Crippen LogP contribution in [0.4, 0.5) is 0 Å². The minimum atomic E-state index is -0.751. The van der Waals surface area contributed by atoms with E-state index in [1.165, 1.54) is 18.2 Å². The maximum Gasteiger partial charge on any atom is 0.274 e. The molecule has 0 aromatic heterocycles. The highest BCUT2D eigenvalue weighted by Crippen LogP contribution is 2.59. The molecule has 2 atom stereocenters. The number of phenolic OH excluding ortho intramolecular Hbond substituents is 1. The number of hydrogen-bond donors (Lipinski definition) is 2. The topological polar surface area (TPSA) is 86.7 Å². The fourth-order valence-corrected chi connectivity index (χ4v) is 3.95. The van der Waals surface area contributed by atoms with Crippen molar-refractivity contribution in [1.29, 1.82) is 0 Å². The highest BCUT2D eigenvalue weighted by Gasteiger charge is 2.64. The van der Waals surface area contributed by atoms with Crippen molar-refractivity contribution >= 4 is 29.3 Å². The van der Waals surface area contributed by atoms with Crippen molar-refractivity contribution in [3.8, 4) is 5.75 Å². The summed E-state index contributed by atoms with van der Waals surface area (Å²) in [7, 11) is 0. The first-order valence-corrected chi connectivity index (χ1v) is 8.15. The van der Waals surface area contributed by atoms with Crippen LogP contribution in [-0.2, 0) is 9.59 Å². The standard InChI is InChI=1S/C17H19ClN2O4/c1-16(2)11-6-7-17(16,3)15(24)20(14(11)23)19-13(22)10-8-9(18)4-5-12(10)21/h4-5,8,11,21H,6-7H2,1-3H3,(H,19,22)/t11-,17-/m1/s1. The molecule has 0 spiro atoms. The Kier molecular flexibility index (Phi) is 3.64. The molecule has 1 saturated carbocycles. The van der Waals surface area contributed by atoms with E-state index in [0.29, 0.717) is 12.8 Å². The van der Waals surface area contributed by atoms with E-state index in [1.807, 2.05) is 20.8 Å². The molecule has 1 heterocycles. The first kappa shape index (κ1) is 16.8. The second-order valence-electron chi connectivity index (χ2n) is 7.23. The number of benzene rings is 1. The van der Waals surface area contributed by atoms with Crippen LogP contribution in [0.2, 0.25) is 5.02 Å². The van der Waals surface area contributed by atoms with Gasteiger partial charge in [-0.15, -0.1) is 0 Å². The number of halogens is 1. The summed E-state index contributed by atoms with van der Waals surface area (Å²) in [5.74, 6) is -2.17. The maximum absolute atomic E-state index is 12.9. The molecule has 6 nitrogen and oxygen atoms in total. The Bertz CT molecular complexity index is 761. The van der Waals surface area contributed by atoms with Crippen LogP contribution in [0.15, 0.2) is 18.2 Å². The van der Waals surface area contributed by atoms with Crippen molar-refractivity contribution in [3.63, 3.8) is 0 Å². The number of nitrogens with one attached hydrogen (secondary N) is 1. The average Bonchev–Trinajstić information content (AvgIpc) is 2.70. The van der Waals surface area contributed by atoms with E-state index >= 15 is 0 Å². The summed E-state index contributed by atoms with van der Waals surface area (Å²) in [6.07, 6.45) is 1.22. The fraction of sp³-hybridized carbons (Fsp3) is 0.471. The Hall–Kier alpha value is -2.08. The van der Waals surface area contributed by atoms with Gasteiger partial charge in [0, 0.05) is 10.9 Å². The van der Waals surface area contributed by atoms with Crippen LogP contribution in [0, 0.1) is 16.7 Å². The van der Waals surface area contributed by atoms with Crippen molar-refractivity contribution in [2.45, 2.75) is 33.6 Å². The molecular weight excluding hydrogens is 332 g/mol. The normalized spacial score (nSPS) is 28.2. The maximum atomic E-state index is 12.9. The van der Waals surface area contributed by atoms with Gasteiger partial charge in [-0.25, -0.2) is 0 Å². The molecule has 7 heteroatoms. The molecule has 1 aliphatic carbocycles. The van der Waals surface area contributed by atoms with Gasteiger partial charge in [0.05, 0.1) is 11.0 Å². The molecule has 128 valence electrons. The van der Waals surface area contributed by atoms with Crippen molar-refractivity contribution in [2.75, 3.05) is 0 Å². The molecule has 2 aliphatic rings. The van der Waals surface area contributed by atoms with Crippen LogP contribution in [0.5, 0.6) is 5.75 Å². The lowest BCUT2D eigenvalue weighted by Crippen LogP contribution is -2.63. The second-order valence-corrected chi connectivity index (χ2v) is 7.66. The Labute approximate surface area is 144 Å². The molecule has 0 unspecified atom stereocenters. The molecule has 1 aromatic carbocycles. The third kappa shape index (κ3) is 2.13. The van der Waals surface area contributed by atoms with Crippen LogP contribution in [0.3, 0.4) is 0 Å². The van der Waals surface area contributed by atoms with Gasteiger partial charge in [0.2, 0.25) is 0 Å². The van der Waals surface area contributed by atoms with E-state index in [1.54, 1.807) is 0 Å². The van der Waals surface area contributed by atoms with Gasteiger partial charge < -0.3 is 5.11 Å². The molecule has 1 aliphatic heterocycles. The highest BCUT2D eigenvalue weighted by molar-refractivity contribution is 6.31. The number of fused-ring (bicyclic) bond motifs is 2. The van der Waals surface area contributed by atoms with E-state index in [4.69, 9.17) is 11.6 Å². The lowest BCUT2D eigenvalue weighted by atomic mass is 9.63. The van der Waals surface area contributed by atoms with Crippen molar-refractivity contribution in [3.05, 3.63) is 28.8 Å². The molecular formula is C17H19ClN2O4. The van der Waals surface area contributed by atoms with Gasteiger partial charge in [-0.1, -0.05) is 32.4 Å². The number of phenols is 1. The molecule has 0 radical (unpaired) electrons. The first-order chi connectivity index (χ1) is 11.1. The molecule has 24 heavy (non-hydrogen) atoms. The van der Waals surface area contributed by atoms with Gasteiger partial charge in [0.15, 0.2) is 0 Å². The van der Waals surface area contributed by atoms with Crippen molar-refractivity contribution < 1.29 is 19.5 Å². The van der Waals surface area contributed by atoms with Gasteiger partial charge in [-0.3, -0.25) is 19.8 Å². The number of rotatable bonds is 2. The number of carbonyl (C=O) groups is 3. The van der Waals surface area contributed by atoms with Crippen molar-refractivity contribution in [1.82, 2.24) is 10.4 Å². The van der Waals surface area contributed by atoms with Gasteiger partial charge in [0.25, 0.3) is 17.7 Å². The van der Waals surface area contributed by atoms with Crippen molar-refractivity contribution in [2.24, 2.45) is 16.7 Å². The van der Waals surface area contributed by atoms with E-state index in [9.17, 15) is 19.5 Å². The quantitative estimate of drug-likeness (QED) is 0.802. The zero-order valence-corrected chi connectivity index (χ0v) is 14.5. The van der Waals surface area contributed by atoms with E-state index in [-0.39, 0.29) is 22.3 Å². The van der Waals surface area contributed by atoms with E-state index in [2.05, 4.69) is 5.43 Å². The van der Waals surface area contributed by atoms with Gasteiger partial charge in [-0.05, 0) is 36.5 Å². The third-order valence-corrected chi connectivity index (χ3v) is 6.07. The lowest BCUT2D eigenvalue weighted by molar-refractivity contribution is -0.171. The van der Waals surface area contributed by atoms with Crippen LogP contribution in [-0.4, -0.2) is 27.8 Å². The molecule has 2 bridgehead atoms. The monoisotopic (exact) mass is 350 g/mol. The van der Waals surface area contributed by atoms with E-state index in [0.717, 1.165) is 5.01 Å². The van der Waals surface area contributed by atoms with E-state index < -0.39 is 28.6 Å². The lowest BCUT2D eigenvalue weighted by Gasteiger charge is -2.47. The number of hydrazine groups is 1. The van der Waals surface area contributed by atoms with Crippen LogP contribution >= 0.6 is 11.6 Å². The number of amides is 3.